The highest BCUT2D eigenvalue weighted by Crippen LogP contribution is 2.34. The molecule has 0 saturated carbocycles. The largest absolute Gasteiger partial charge is 0.506 e. The highest BCUT2D eigenvalue weighted by atomic mass is 35.5. The highest BCUT2D eigenvalue weighted by Gasteiger charge is 2.13. The van der Waals surface area contributed by atoms with Gasteiger partial charge in [0, 0.05) is 11.1 Å². The molecule has 3 rings (SSSR count). The predicted molar refractivity (Wildman–Crippen MR) is 140 cm³/mol. The minimum Gasteiger partial charge on any atom is -0.506 e. The summed E-state index contributed by atoms with van der Waals surface area (Å²) >= 11 is 5.86. The molecule has 0 aliphatic heterocycles. The Kier molecular flexibility index (Phi) is 8.92. The Morgan fingerprint density at radius 3 is 2.54 bits per heavy atom. The molecule has 0 saturated heterocycles. The standard InChI is InChI=1S/C28H29ClN2O4/c1-5-6-22-13-20(16-30-31-28(33)23-11-12-25(32)24(29)15-23)14-26(34-4)27(22)35-17-19-7-9-21(10-8-19)18(2)3/h5,7-16,18,32H,1,6,17H2,2-4H3,(H,31,33)/b30-16+. The summed E-state index contributed by atoms with van der Waals surface area (Å²) in [5.41, 5.74) is 6.68. The van der Waals surface area contributed by atoms with Crippen molar-refractivity contribution in [1.29, 1.82) is 0 Å². The van der Waals surface area contributed by atoms with Crippen LogP contribution in [0, 0.1) is 0 Å². The first-order valence-corrected chi connectivity index (χ1v) is 11.6. The maximum absolute atomic E-state index is 12.3. The first kappa shape index (κ1) is 25.8. The van der Waals surface area contributed by atoms with Gasteiger partial charge in [0.15, 0.2) is 11.5 Å². The minimum absolute atomic E-state index is 0.0897. The van der Waals surface area contributed by atoms with E-state index >= 15 is 0 Å². The first-order valence-electron chi connectivity index (χ1n) is 11.2. The van der Waals surface area contributed by atoms with Gasteiger partial charge in [-0.05, 0) is 59.4 Å². The van der Waals surface area contributed by atoms with Gasteiger partial charge >= 0.3 is 0 Å². The van der Waals surface area contributed by atoms with Crippen LogP contribution in [0.25, 0.3) is 0 Å². The third kappa shape index (κ3) is 6.87. The number of phenolic OH excluding ortho intramolecular Hbond substituents is 1. The van der Waals surface area contributed by atoms with E-state index in [1.54, 1.807) is 19.3 Å². The lowest BCUT2D eigenvalue weighted by Crippen LogP contribution is -2.17. The molecule has 182 valence electrons. The Hall–Kier alpha value is -3.77. The van der Waals surface area contributed by atoms with Crippen LogP contribution in [0.4, 0.5) is 0 Å². The maximum atomic E-state index is 12.3. The van der Waals surface area contributed by atoms with Crippen molar-refractivity contribution in [2.75, 3.05) is 7.11 Å². The lowest BCUT2D eigenvalue weighted by atomic mass is 10.0. The van der Waals surface area contributed by atoms with Crippen LogP contribution in [0.15, 0.2) is 72.4 Å². The third-order valence-electron chi connectivity index (χ3n) is 5.36. The number of rotatable bonds is 10. The molecule has 6 nitrogen and oxygen atoms in total. The van der Waals surface area contributed by atoms with Gasteiger partial charge in [-0.25, -0.2) is 5.43 Å². The van der Waals surface area contributed by atoms with E-state index < -0.39 is 5.91 Å². The minimum atomic E-state index is -0.454. The van der Waals surface area contributed by atoms with E-state index in [4.69, 9.17) is 21.1 Å². The number of nitrogens with zero attached hydrogens (tertiary/aromatic N) is 1. The molecule has 7 heteroatoms. The number of carbonyl (C=O) groups excluding carboxylic acids is 1. The van der Waals surface area contributed by atoms with E-state index in [1.165, 1.54) is 30.0 Å². The van der Waals surface area contributed by atoms with Crippen LogP contribution in [0.3, 0.4) is 0 Å². The van der Waals surface area contributed by atoms with E-state index in [0.29, 0.717) is 30.4 Å². The van der Waals surface area contributed by atoms with Gasteiger partial charge in [-0.3, -0.25) is 4.79 Å². The maximum Gasteiger partial charge on any atom is 0.271 e. The van der Waals surface area contributed by atoms with Crippen LogP contribution >= 0.6 is 11.6 Å². The summed E-state index contributed by atoms with van der Waals surface area (Å²) in [4.78, 5) is 12.3. The van der Waals surface area contributed by atoms with Crippen LogP contribution in [-0.2, 0) is 13.0 Å². The number of hydrogen-bond acceptors (Lipinski definition) is 5. The second-order valence-corrected chi connectivity index (χ2v) is 8.66. The fourth-order valence-electron chi connectivity index (χ4n) is 3.41. The Morgan fingerprint density at radius 2 is 1.91 bits per heavy atom. The molecular weight excluding hydrogens is 464 g/mol. The summed E-state index contributed by atoms with van der Waals surface area (Å²) in [6, 6.07) is 16.3. The van der Waals surface area contributed by atoms with Gasteiger partial charge in [0.25, 0.3) is 5.91 Å². The third-order valence-corrected chi connectivity index (χ3v) is 5.66. The topological polar surface area (TPSA) is 80.2 Å². The number of hydrogen-bond donors (Lipinski definition) is 2. The quantitative estimate of drug-likeness (QED) is 0.199. The normalized spacial score (nSPS) is 11.0. The SMILES string of the molecule is C=CCc1cc(/C=N/NC(=O)c2ccc(O)c(Cl)c2)cc(OC)c1OCc1ccc(C(C)C)cc1. The number of nitrogens with one attached hydrogen (secondary N) is 1. The van der Waals surface area contributed by atoms with Crippen molar-refractivity contribution in [2.45, 2.75) is 32.8 Å². The first-order chi connectivity index (χ1) is 16.8. The van der Waals surface area contributed by atoms with Gasteiger partial charge in [0.05, 0.1) is 18.3 Å². The van der Waals surface area contributed by atoms with Gasteiger partial charge in [-0.15, -0.1) is 6.58 Å². The van der Waals surface area contributed by atoms with Gasteiger partial charge in [0.2, 0.25) is 0 Å². The fourth-order valence-corrected chi connectivity index (χ4v) is 3.59. The zero-order valence-corrected chi connectivity index (χ0v) is 20.8. The summed E-state index contributed by atoms with van der Waals surface area (Å²) in [5.74, 6) is 1.12. The van der Waals surface area contributed by atoms with Crippen molar-refractivity contribution in [3.63, 3.8) is 0 Å². The zero-order chi connectivity index (χ0) is 25.4. The smallest absolute Gasteiger partial charge is 0.271 e. The van der Waals surface area contributed by atoms with Gasteiger partial charge in [-0.1, -0.05) is 55.8 Å². The van der Waals surface area contributed by atoms with Crippen LogP contribution in [0.1, 0.15) is 52.4 Å². The van der Waals surface area contributed by atoms with Crippen molar-refractivity contribution in [2.24, 2.45) is 5.10 Å². The number of amides is 1. The molecule has 0 radical (unpaired) electrons. The molecular formula is C28H29ClN2O4. The van der Waals surface area contributed by atoms with Crippen LogP contribution in [-0.4, -0.2) is 24.3 Å². The lowest BCUT2D eigenvalue weighted by Gasteiger charge is -2.16. The Balaban J connectivity index is 1.75. The van der Waals surface area contributed by atoms with Crippen molar-refractivity contribution in [3.8, 4) is 17.2 Å². The average molecular weight is 493 g/mol. The number of methoxy groups -OCH3 is 1. The lowest BCUT2D eigenvalue weighted by molar-refractivity contribution is 0.0955. The summed E-state index contributed by atoms with van der Waals surface area (Å²) in [6.45, 7) is 8.57. The molecule has 0 aromatic heterocycles. The van der Waals surface area contributed by atoms with Crippen LogP contribution in [0.5, 0.6) is 17.2 Å². The summed E-state index contributed by atoms with van der Waals surface area (Å²) < 4.78 is 11.7. The molecule has 1 amide bonds. The summed E-state index contributed by atoms with van der Waals surface area (Å²) in [5, 5.41) is 13.6. The van der Waals surface area contributed by atoms with Crippen LogP contribution in [0.2, 0.25) is 5.02 Å². The number of ether oxygens (including phenoxy) is 2. The Bertz CT molecular complexity index is 1220. The van der Waals surface area contributed by atoms with Crippen molar-refractivity contribution in [1.82, 2.24) is 5.43 Å². The molecule has 3 aromatic rings. The fraction of sp³-hybridized carbons (Fsp3) is 0.214. The van der Waals surface area contributed by atoms with E-state index in [0.717, 1.165) is 16.7 Å². The van der Waals surface area contributed by atoms with E-state index in [1.807, 2.05) is 6.07 Å². The molecule has 0 aliphatic carbocycles. The van der Waals surface area contributed by atoms with Crippen molar-refractivity contribution in [3.05, 3.63) is 100 Å². The number of phenols is 1. The number of benzene rings is 3. The molecule has 35 heavy (non-hydrogen) atoms. The molecule has 0 fully saturated rings. The van der Waals surface area contributed by atoms with E-state index in [9.17, 15) is 9.90 Å². The summed E-state index contributed by atoms with van der Waals surface area (Å²) in [6.07, 6.45) is 3.87. The molecule has 0 bridgehead atoms. The second kappa shape index (κ2) is 12.1. The monoisotopic (exact) mass is 492 g/mol. The van der Waals surface area contributed by atoms with Crippen molar-refractivity contribution >= 4 is 23.7 Å². The number of aromatic hydroxyl groups is 1. The van der Waals surface area contributed by atoms with Crippen molar-refractivity contribution < 1.29 is 19.4 Å². The molecule has 0 heterocycles. The number of halogens is 1. The van der Waals surface area contributed by atoms with Gasteiger partial charge in [-0.2, -0.15) is 5.10 Å². The second-order valence-electron chi connectivity index (χ2n) is 8.25. The van der Waals surface area contributed by atoms with E-state index in [2.05, 4.69) is 55.2 Å². The number of allylic oxidation sites excluding steroid dienone is 1. The average Bonchev–Trinajstić information content (AvgIpc) is 2.85. The molecule has 3 aromatic carbocycles. The highest BCUT2D eigenvalue weighted by molar-refractivity contribution is 6.32. The summed E-state index contributed by atoms with van der Waals surface area (Å²) in [7, 11) is 1.58. The molecule has 0 aliphatic rings. The number of hydrazone groups is 1. The van der Waals surface area contributed by atoms with Gasteiger partial charge in [0.1, 0.15) is 12.4 Å². The molecule has 0 atom stereocenters. The predicted octanol–water partition coefficient (Wildman–Crippen LogP) is 6.25. The molecule has 0 spiro atoms. The zero-order valence-electron chi connectivity index (χ0n) is 20.0. The Morgan fingerprint density at radius 1 is 1.17 bits per heavy atom. The molecule has 0 unspecified atom stereocenters. The van der Waals surface area contributed by atoms with Gasteiger partial charge < -0.3 is 14.6 Å². The number of carbonyl (C=O) groups is 1. The van der Waals surface area contributed by atoms with E-state index in [-0.39, 0.29) is 16.3 Å². The molecule has 2 N–H and O–H groups in total. The Labute approximate surface area is 210 Å². The van der Waals surface area contributed by atoms with Crippen LogP contribution < -0.4 is 14.9 Å².